The molecule has 0 saturated heterocycles. The molecule has 11 rings (SSSR count). The van der Waals surface area contributed by atoms with Crippen molar-refractivity contribution >= 4 is 33.5 Å². The molecule has 2 aliphatic rings. The summed E-state index contributed by atoms with van der Waals surface area (Å²) in [6.07, 6.45) is 15.1. The first-order valence-corrected chi connectivity index (χ1v) is 24.5. The van der Waals surface area contributed by atoms with Crippen molar-refractivity contribution in [2.24, 2.45) is 0 Å². The zero-order chi connectivity index (χ0) is 47.4. The molecule has 0 saturated carbocycles. The first kappa shape index (κ1) is 44.1. The molecule has 0 aromatic heterocycles. The van der Waals surface area contributed by atoms with E-state index in [2.05, 4.69) is 279 Å². The van der Waals surface area contributed by atoms with Crippen molar-refractivity contribution in [3.05, 3.63) is 289 Å². The molecular formula is C68H56N2. The molecule has 0 amide bonds. The van der Waals surface area contributed by atoms with Crippen LogP contribution in [0.4, 0.5) is 22.7 Å². The van der Waals surface area contributed by atoms with Gasteiger partial charge in [0.2, 0.25) is 0 Å². The predicted octanol–water partition coefficient (Wildman–Crippen LogP) is 18.4. The molecule has 2 nitrogen and oxygen atoms in total. The minimum absolute atomic E-state index is 0.0992. The zero-order valence-corrected chi connectivity index (χ0v) is 40.0. The van der Waals surface area contributed by atoms with Crippen molar-refractivity contribution in [3.8, 4) is 44.5 Å². The third-order valence-corrected chi connectivity index (χ3v) is 14.2. The van der Waals surface area contributed by atoms with Gasteiger partial charge in [0.05, 0.1) is 0 Å². The highest BCUT2D eigenvalue weighted by Gasteiger charge is 2.35. The molecule has 9 aromatic carbocycles. The summed E-state index contributed by atoms with van der Waals surface area (Å²) in [6.45, 7) is 9.59. The molecule has 2 aliphatic carbocycles. The van der Waals surface area contributed by atoms with Crippen LogP contribution in [0.1, 0.15) is 37.8 Å². The third kappa shape index (κ3) is 8.66. The quantitative estimate of drug-likeness (QED) is 0.106. The van der Waals surface area contributed by atoms with E-state index in [9.17, 15) is 0 Å². The molecule has 0 atom stereocenters. The van der Waals surface area contributed by atoms with Gasteiger partial charge in [-0.25, -0.2) is 0 Å². The van der Waals surface area contributed by atoms with Crippen molar-refractivity contribution in [1.82, 2.24) is 0 Å². The molecule has 0 N–H and O–H groups in total. The Labute approximate surface area is 413 Å². The lowest BCUT2D eigenvalue weighted by Gasteiger charge is -2.31. The number of benzene rings is 9. The minimum Gasteiger partial charge on any atom is -0.337 e. The van der Waals surface area contributed by atoms with Crippen molar-refractivity contribution in [3.63, 3.8) is 0 Å². The molecule has 2 heteroatoms. The largest absolute Gasteiger partial charge is 0.337 e. The summed E-state index contributed by atoms with van der Waals surface area (Å²) < 4.78 is 0. The molecule has 70 heavy (non-hydrogen) atoms. The lowest BCUT2D eigenvalue weighted by molar-refractivity contribution is 0.660. The van der Waals surface area contributed by atoms with Crippen LogP contribution in [0.2, 0.25) is 0 Å². The highest BCUT2D eigenvalue weighted by molar-refractivity contribution is 5.97. The summed E-state index contributed by atoms with van der Waals surface area (Å²) in [6, 6.07) is 79.5. The number of hydrogen-bond donors (Lipinski definition) is 0. The first-order valence-electron chi connectivity index (χ1n) is 24.5. The second-order valence-corrected chi connectivity index (χ2v) is 18.9. The summed E-state index contributed by atoms with van der Waals surface area (Å²) in [5.74, 6) is 0. The fourth-order valence-corrected chi connectivity index (χ4v) is 10.6. The topological polar surface area (TPSA) is 6.48 Å². The van der Waals surface area contributed by atoms with Crippen LogP contribution in [0.3, 0.4) is 0 Å². The van der Waals surface area contributed by atoms with Crippen LogP contribution >= 0.6 is 0 Å². The molecule has 0 bridgehead atoms. The van der Waals surface area contributed by atoms with Gasteiger partial charge in [0.1, 0.15) is 0 Å². The van der Waals surface area contributed by atoms with E-state index < -0.39 is 0 Å². The molecule has 0 radical (unpaired) electrons. The van der Waals surface area contributed by atoms with Gasteiger partial charge >= 0.3 is 0 Å². The fraction of sp³-hybridized carbons (Fsp3) is 0.0882. The molecule has 338 valence electrons. The van der Waals surface area contributed by atoms with E-state index in [1.54, 1.807) is 0 Å². The van der Waals surface area contributed by atoms with Crippen LogP contribution in [0, 0.1) is 0 Å². The SMILES string of the molecule is C=C/C=C(\C=C/CN(c1ccc2c(c1)C(C)(C)c1ccccc1-2)c1cccc2ccccc12)C1=CC=C(N(c2ccc(-c3ccccc3)cc2)c2cc(-c3ccccc3)cc(-c3ccccc3)c2)CC1. The van der Waals surface area contributed by atoms with E-state index >= 15 is 0 Å². The van der Waals surface area contributed by atoms with Crippen LogP contribution in [0.5, 0.6) is 0 Å². The van der Waals surface area contributed by atoms with Gasteiger partial charge in [0.15, 0.2) is 0 Å². The van der Waals surface area contributed by atoms with Gasteiger partial charge in [-0.1, -0.05) is 221 Å². The van der Waals surface area contributed by atoms with Gasteiger partial charge in [-0.15, -0.1) is 0 Å². The number of allylic oxidation sites excluding steroid dienone is 8. The second-order valence-electron chi connectivity index (χ2n) is 18.9. The van der Waals surface area contributed by atoms with Crippen LogP contribution in [-0.4, -0.2) is 6.54 Å². The van der Waals surface area contributed by atoms with Gasteiger partial charge in [-0.3, -0.25) is 0 Å². The zero-order valence-electron chi connectivity index (χ0n) is 40.0. The van der Waals surface area contributed by atoms with Gasteiger partial charge in [0.25, 0.3) is 0 Å². The summed E-state index contributed by atoms with van der Waals surface area (Å²) >= 11 is 0. The molecule has 0 spiro atoms. The Morgan fingerprint density at radius 2 is 1.09 bits per heavy atom. The number of nitrogens with zero attached hydrogens (tertiary/aromatic N) is 2. The van der Waals surface area contributed by atoms with Crippen molar-refractivity contribution in [1.29, 1.82) is 0 Å². The summed E-state index contributed by atoms with van der Waals surface area (Å²) in [5, 5.41) is 2.47. The Kier molecular flexibility index (Phi) is 12.1. The van der Waals surface area contributed by atoms with E-state index in [1.807, 2.05) is 6.08 Å². The molecule has 0 aliphatic heterocycles. The van der Waals surface area contributed by atoms with Crippen molar-refractivity contribution in [2.45, 2.75) is 32.1 Å². The maximum atomic E-state index is 4.18. The van der Waals surface area contributed by atoms with Crippen molar-refractivity contribution in [2.75, 3.05) is 16.3 Å². The molecule has 9 aromatic rings. The van der Waals surface area contributed by atoms with E-state index in [-0.39, 0.29) is 5.41 Å². The number of fused-ring (bicyclic) bond motifs is 4. The predicted molar refractivity (Wildman–Crippen MR) is 299 cm³/mol. The lowest BCUT2D eigenvalue weighted by Crippen LogP contribution is -2.19. The Morgan fingerprint density at radius 1 is 0.500 bits per heavy atom. The minimum atomic E-state index is -0.0992. The smallest absolute Gasteiger partial charge is 0.0493 e. The van der Waals surface area contributed by atoms with Gasteiger partial charge < -0.3 is 9.80 Å². The lowest BCUT2D eigenvalue weighted by atomic mass is 9.82. The maximum Gasteiger partial charge on any atom is 0.0493 e. The van der Waals surface area contributed by atoms with E-state index in [0.29, 0.717) is 6.54 Å². The van der Waals surface area contributed by atoms with Gasteiger partial charge in [0, 0.05) is 45.8 Å². The second kappa shape index (κ2) is 19.3. The van der Waals surface area contributed by atoms with Crippen molar-refractivity contribution < 1.29 is 0 Å². The van der Waals surface area contributed by atoms with E-state index in [1.165, 1.54) is 94.6 Å². The standard InChI is InChI=1S/C68H56N2/c1-4-20-49(29-19-44-69(67-33-18-28-55-27-14-15-30-62(55)67)60-42-43-64-63-31-16-17-32-65(63)68(2,3)66(64)48-60)53-34-38-58(39-35-53)70(59-40-36-54(37-41-59)50-21-8-5-9-22-50)61-46-56(51-23-10-6-11-24-51)45-57(47-61)52-25-12-7-13-26-52/h4-34,36-38,40-43,45-48H,1,35,39,44H2,2-3H3/b29-19-,49-20+. The van der Waals surface area contributed by atoms with Crippen LogP contribution in [0.15, 0.2) is 278 Å². The first-order chi connectivity index (χ1) is 34.4. The number of anilines is 4. The summed E-state index contributed by atoms with van der Waals surface area (Å²) in [5.41, 5.74) is 20.8. The Hall–Kier alpha value is -8.46. The highest BCUT2D eigenvalue weighted by atomic mass is 15.2. The number of hydrogen-bond acceptors (Lipinski definition) is 2. The Balaban J connectivity index is 0.956. The van der Waals surface area contributed by atoms with Crippen LogP contribution in [-0.2, 0) is 5.41 Å². The van der Waals surface area contributed by atoms with E-state index in [0.717, 1.165) is 24.2 Å². The Bertz CT molecular complexity index is 3420. The molecule has 0 heterocycles. The monoisotopic (exact) mass is 900 g/mol. The Morgan fingerprint density at radius 3 is 1.76 bits per heavy atom. The average Bonchev–Trinajstić information content (AvgIpc) is 3.65. The maximum absolute atomic E-state index is 4.18. The van der Waals surface area contributed by atoms with Crippen LogP contribution in [0.25, 0.3) is 55.3 Å². The average molecular weight is 901 g/mol. The van der Waals surface area contributed by atoms with Crippen LogP contribution < -0.4 is 9.80 Å². The molecule has 0 fully saturated rings. The van der Waals surface area contributed by atoms with Gasteiger partial charge in [-0.05, 0) is 140 Å². The normalized spacial score (nSPS) is 13.9. The molecule has 0 unspecified atom stereocenters. The van der Waals surface area contributed by atoms with Gasteiger partial charge in [-0.2, -0.15) is 0 Å². The third-order valence-electron chi connectivity index (χ3n) is 14.2. The summed E-state index contributed by atoms with van der Waals surface area (Å²) in [4.78, 5) is 4.94. The molecular weight excluding hydrogens is 845 g/mol. The summed E-state index contributed by atoms with van der Waals surface area (Å²) in [7, 11) is 0. The van der Waals surface area contributed by atoms with E-state index in [4.69, 9.17) is 0 Å². The fourth-order valence-electron chi connectivity index (χ4n) is 10.6. The number of rotatable bonds is 13. The highest BCUT2D eigenvalue weighted by Crippen LogP contribution is 2.50.